The van der Waals surface area contributed by atoms with Gasteiger partial charge in [0, 0.05) is 37.0 Å². The molecule has 0 amide bonds. The molecule has 1 N–H and O–H groups in total. The lowest BCUT2D eigenvalue weighted by Gasteiger charge is -2.33. The summed E-state index contributed by atoms with van der Waals surface area (Å²) in [5, 5.41) is 3.16. The largest absolute Gasteiger partial charge is 0.356 e. The SMILES string of the molecule is Cc1cc(N2CCCC(c3cnc(Nc4ccccn4)cn3)C2)ncn1. The normalized spacial score (nSPS) is 17.1. The summed E-state index contributed by atoms with van der Waals surface area (Å²) in [5.41, 5.74) is 2.01. The van der Waals surface area contributed by atoms with Gasteiger partial charge in [-0.2, -0.15) is 0 Å². The van der Waals surface area contributed by atoms with Crippen molar-refractivity contribution in [3.05, 3.63) is 60.6 Å². The van der Waals surface area contributed by atoms with Gasteiger partial charge in [0.1, 0.15) is 23.8 Å². The smallest absolute Gasteiger partial charge is 0.150 e. The van der Waals surface area contributed by atoms with Crippen molar-refractivity contribution < 1.29 is 0 Å². The monoisotopic (exact) mass is 347 g/mol. The molecule has 1 unspecified atom stereocenters. The number of aryl methyl sites for hydroxylation is 1. The Hall–Kier alpha value is -3.09. The average molecular weight is 347 g/mol. The van der Waals surface area contributed by atoms with Crippen molar-refractivity contribution in [2.45, 2.75) is 25.7 Å². The van der Waals surface area contributed by atoms with Gasteiger partial charge in [0.2, 0.25) is 0 Å². The van der Waals surface area contributed by atoms with Gasteiger partial charge in [0.25, 0.3) is 0 Å². The van der Waals surface area contributed by atoms with Crippen molar-refractivity contribution in [2.75, 3.05) is 23.3 Å². The first-order valence-corrected chi connectivity index (χ1v) is 8.81. The molecule has 0 aromatic carbocycles. The molecule has 0 aliphatic carbocycles. The Bertz CT molecular complexity index is 851. The number of hydrogen-bond donors (Lipinski definition) is 1. The van der Waals surface area contributed by atoms with E-state index in [-0.39, 0.29) is 0 Å². The van der Waals surface area contributed by atoms with E-state index in [1.807, 2.05) is 37.4 Å². The molecule has 1 aliphatic heterocycles. The van der Waals surface area contributed by atoms with Crippen LogP contribution in [0, 0.1) is 6.92 Å². The molecule has 0 spiro atoms. The number of piperidine rings is 1. The first-order chi connectivity index (χ1) is 12.8. The van der Waals surface area contributed by atoms with Gasteiger partial charge in [0.15, 0.2) is 0 Å². The quantitative estimate of drug-likeness (QED) is 0.777. The molecule has 7 nitrogen and oxygen atoms in total. The molecule has 1 atom stereocenters. The van der Waals surface area contributed by atoms with Crippen LogP contribution in [0.25, 0.3) is 0 Å². The van der Waals surface area contributed by atoms with E-state index >= 15 is 0 Å². The van der Waals surface area contributed by atoms with Crippen molar-refractivity contribution in [3.8, 4) is 0 Å². The number of pyridine rings is 1. The second kappa shape index (κ2) is 7.43. The fourth-order valence-electron chi connectivity index (χ4n) is 3.22. The van der Waals surface area contributed by atoms with E-state index in [2.05, 4.69) is 35.1 Å². The summed E-state index contributed by atoms with van der Waals surface area (Å²) >= 11 is 0. The molecule has 1 fully saturated rings. The molecule has 4 rings (SSSR count). The highest BCUT2D eigenvalue weighted by Gasteiger charge is 2.23. The van der Waals surface area contributed by atoms with Crippen molar-refractivity contribution >= 4 is 17.5 Å². The fourth-order valence-corrected chi connectivity index (χ4v) is 3.22. The van der Waals surface area contributed by atoms with E-state index in [1.165, 1.54) is 0 Å². The first-order valence-electron chi connectivity index (χ1n) is 8.81. The minimum atomic E-state index is 0.357. The van der Waals surface area contributed by atoms with E-state index in [4.69, 9.17) is 0 Å². The zero-order valence-electron chi connectivity index (χ0n) is 14.7. The van der Waals surface area contributed by atoms with E-state index in [0.29, 0.717) is 11.7 Å². The van der Waals surface area contributed by atoms with Gasteiger partial charge in [-0.05, 0) is 31.9 Å². The maximum atomic E-state index is 4.63. The summed E-state index contributed by atoms with van der Waals surface area (Å²) in [4.78, 5) is 24.3. The third-order valence-corrected chi connectivity index (χ3v) is 4.55. The zero-order valence-corrected chi connectivity index (χ0v) is 14.7. The number of anilines is 3. The lowest BCUT2D eigenvalue weighted by atomic mass is 9.95. The van der Waals surface area contributed by atoms with Crippen LogP contribution in [0.3, 0.4) is 0 Å². The van der Waals surface area contributed by atoms with Crippen LogP contribution in [0.15, 0.2) is 49.2 Å². The van der Waals surface area contributed by atoms with E-state index in [0.717, 1.165) is 49.0 Å². The lowest BCUT2D eigenvalue weighted by molar-refractivity contribution is 0.497. The number of hydrogen-bond acceptors (Lipinski definition) is 7. The topological polar surface area (TPSA) is 79.7 Å². The molecule has 3 aromatic heterocycles. The van der Waals surface area contributed by atoms with Crippen molar-refractivity contribution in [3.63, 3.8) is 0 Å². The Morgan fingerprint density at radius 1 is 1.04 bits per heavy atom. The van der Waals surface area contributed by atoms with Gasteiger partial charge >= 0.3 is 0 Å². The van der Waals surface area contributed by atoms with Crippen molar-refractivity contribution in [1.29, 1.82) is 0 Å². The maximum Gasteiger partial charge on any atom is 0.150 e. The van der Waals surface area contributed by atoms with Crippen LogP contribution >= 0.6 is 0 Å². The molecule has 26 heavy (non-hydrogen) atoms. The van der Waals surface area contributed by atoms with Crippen LogP contribution in [-0.2, 0) is 0 Å². The Labute approximate surface area is 152 Å². The van der Waals surface area contributed by atoms with Crippen LogP contribution in [0.4, 0.5) is 17.5 Å². The van der Waals surface area contributed by atoms with Crippen LogP contribution in [-0.4, -0.2) is 38.0 Å². The van der Waals surface area contributed by atoms with Gasteiger partial charge in [-0.3, -0.25) is 4.98 Å². The van der Waals surface area contributed by atoms with Gasteiger partial charge in [-0.1, -0.05) is 6.07 Å². The van der Waals surface area contributed by atoms with Gasteiger partial charge in [-0.15, -0.1) is 0 Å². The summed E-state index contributed by atoms with van der Waals surface area (Å²) in [6.45, 7) is 3.91. The summed E-state index contributed by atoms with van der Waals surface area (Å²) in [6, 6.07) is 7.75. The number of aromatic nitrogens is 5. The minimum Gasteiger partial charge on any atom is -0.356 e. The Kier molecular flexibility index (Phi) is 4.68. The molecule has 1 saturated heterocycles. The second-order valence-electron chi connectivity index (χ2n) is 6.47. The van der Waals surface area contributed by atoms with Gasteiger partial charge < -0.3 is 10.2 Å². The summed E-state index contributed by atoms with van der Waals surface area (Å²) in [5.74, 6) is 2.81. The van der Waals surface area contributed by atoms with Gasteiger partial charge in [-0.25, -0.2) is 19.9 Å². The van der Waals surface area contributed by atoms with E-state index < -0.39 is 0 Å². The van der Waals surface area contributed by atoms with Gasteiger partial charge in [0.05, 0.1) is 18.1 Å². The Morgan fingerprint density at radius 2 is 2.00 bits per heavy atom. The number of rotatable bonds is 4. The number of nitrogens with zero attached hydrogens (tertiary/aromatic N) is 6. The predicted molar refractivity (Wildman–Crippen MR) is 101 cm³/mol. The van der Waals surface area contributed by atoms with Crippen LogP contribution < -0.4 is 10.2 Å². The maximum absolute atomic E-state index is 4.63. The fraction of sp³-hybridized carbons (Fsp3) is 0.316. The van der Waals surface area contributed by atoms with Crippen LogP contribution in [0.5, 0.6) is 0 Å². The molecule has 1 aliphatic rings. The second-order valence-corrected chi connectivity index (χ2v) is 6.47. The molecule has 132 valence electrons. The van der Waals surface area contributed by atoms with Crippen LogP contribution in [0.2, 0.25) is 0 Å². The van der Waals surface area contributed by atoms with Crippen LogP contribution in [0.1, 0.15) is 30.1 Å². The zero-order chi connectivity index (χ0) is 17.8. The Morgan fingerprint density at radius 3 is 2.77 bits per heavy atom. The molecule has 3 aromatic rings. The molecule has 0 radical (unpaired) electrons. The Balaban J connectivity index is 1.45. The highest BCUT2D eigenvalue weighted by molar-refractivity contribution is 5.49. The first kappa shape index (κ1) is 16.4. The molecule has 4 heterocycles. The van der Waals surface area contributed by atoms with E-state index in [9.17, 15) is 0 Å². The summed E-state index contributed by atoms with van der Waals surface area (Å²) in [6.07, 6.45) is 9.25. The molecule has 0 bridgehead atoms. The predicted octanol–water partition coefficient (Wildman–Crippen LogP) is 3.10. The summed E-state index contributed by atoms with van der Waals surface area (Å²) < 4.78 is 0. The highest BCUT2D eigenvalue weighted by Crippen LogP contribution is 2.28. The van der Waals surface area contributed by atoms with Crippen molar-refractivity contribution in [2.24, 2.45) is 0 Å². The third kappa shape index (κ3) is 3.77. The highest BCUT2D eigenvalue weighted by atomic mass is 15.2. The standard InChI is InChI=1S/C19H21N7/c1-14-9-19(24-13-23-14)26-8-4-5-15(12-26)16-10-22-18(11-21-16)25-17-6-2-3-7-20-17/h2-3,6-7,9-11,13,15H,4-5,8,12H2,1H3,(H,20,22,25). The summed E-state index contributed by atoms with van der Waals surface area (Å²) in [7, 11) is 0. The van der Waals surface area contributed by atoms with Crippen molar-refractivity contribution in [1.82, 2.24) is 24.9 Å². The average Bonchev–Trinajstić information content (AvgIpc) is 2.69. The van der Waals surface area contributed by atoms with E-state index in [1.54, 1.807) is 18.7 Å². The minimum absolute atomic E-state index is 0.357. The molecule has 0 saturated carbocycles. The molecular weight excluding hydrogens is 326 g/mol. The third-order valence-electron chi connectivity index (χ3n) is 4.55. The molecule has 7 heteroatoms. The molecular formula is C19H21N7. The number of nitrogens with one attached hydrogen (secondary N) is 1. The lowest BCUT2D eigenvalue weighted by Crippen LogP contribution is -2.35.